The maximum absolute atomic E-state index is 6.47. The van der Waals surface area contributed by atoms with Gasteiger partial charge in [0, 0.05) is 6.04 Å². The van der Waals surface area contributed by atoms with Gasteiger partial charge in [0.1, 0.15) is 0 Å². The minimum atomic E-state index is 0.143. The molecule has 0 aliphatic rings. The fourth-order valence-corrected chi connectivity index (χ4v) is 8.75. The summed E-state index contributed by atoms with van der Waals surface area (Å²) in [4.78, 5) is 0. The lowest BCUT2D eigenvalue weighted by Crippen LogP contribution is -2.10. The summed E-state index contributed by atoms with van der Waals surface area (Å²) in [6, 6.07) is 7.13. The molecule has 0 radical (unpaired) electrons. The van der Waals surface area contributed by atoms with Crippen LogP contribution in [-0.4, -0.2) is 0 Å². The van der Waals surface area contributed by atoms with Crippen molar-refractivity contribution in [3.8, 4) is 0 Å². The third kappa shape index (κ3) is 33.1. The topological polar surface area (TPSA) is 26.0 Å². The molecule has 1 aromatic rings. The summed E-state index contributed by atoms with van der Waals surface area (Å²) in [6.07, 6.45) is 60.3. The summed E-state index contributed by atoms with van der Waals surface area (Å²) in [5.74, 6) is 0. The van der Waals surface area contributed by atoms with Crippen LogP contribution in [0.15, 0.2) is 18.2 Å². The highest BCUT2D eigenvalue weighted by Gasteiger charge is 2.11. The Morgan fingerprint density at radius 2 is 0.585 bits per heavy atom. The Morgan fingerprint density at radius 1 is 0.340 bits per heavy atom. The van der Waals surface area contributed by atoms with Crippen molar-refractivity contribution in [3.05, 3.63) is 34.9 Å². The molecule has 0 fully saturated rings. The van der Waals surface area contributed by atoms with Crippen molar-refractivity contribution in [1.82, 2.24) is 0 Å². The first-order valence-corrected chi connectivity index (χ1v) is 25.1. The lowest BCUT2D eigenvalue weighted by molar-refractivity contribution is 0.521. The third-order valence-electron chi connectivity index (χ3n) is 12.4. The Kier molecular flexibility index (Phi) is 38.7. The minimum absolute atomic E-state index is 0.143. The molecule has 1 aromatic carbocycles. The van der Waals surface area contributed by atoms with Crippen molar-refractivity contribution in [3.63, 3.8) is 0 Å². The van der Waals surface area contributed by atoms with Crippen molar-refractivity contribution in [1.29, 1.82) is 0 Å². The van der Waals surface area contributed by atoms with Crippen LogP contribution in [0.2, 0.25) is 0 Å². The van der Waals surface area contributed by atoms with Gasteiger partial charge in [0.2, 0.25) is 0 Å². The van der Waals surface area contributed by atoms with Gasteiger partial charge in [-0.05, 0) is 49.3 Å². The van der Waals surface area contributed by atoms with Crippen LogP contribution in [0.1, 0.15) is 300 Å². The largest absolute Gasteiger partial charge is 0.324 e. The van der Waals surface area contributed by atoms with Gasteiger partial charge >= 0.3 is 0 Å². The fraction of sp³-hybridized carbons (Fsp3) is 0.885. The van der Waals surface area contributed by atoms with Crippen molar-refractivity contribution in [2.24, 2.45) is 5.73 Å². The second-order valence-corrected chi connectivity index (χ2v) is 17.7. The van der Waals surface area contributed by atoms with E-state index in [1.807, 2.05) is 0 Å². The molecule has 2 N–H and O–H groups in total. The van der Waals surface area contributed by atoms with Crippen molar-refractivity contribution in [2.75, 3.05) is 0 Å². The van der Waals surface area contributed by atoms with Gasteiger partial charge < -0.3 is 5.73 Å². The third-order valence-corrected chi connectivity index (χ3v) is 12.4. The molecular formula is C52H99N. The van der Waals surface area contributed by atoms with Crippen LogP contribution in [-0.2, 0) is 12.8 Å². The van der Waals surface area contributed by atoms with E-state index < -0.39 is 0 Å². The number of hydrogen-bond acceptors (Lipinski definition) is 1. The summed E-state index contributed by atoms with van der Waals surface area (Å²) in [5.41, 5.74) is 11.1. The lowest BCUT2D eigenvalue weighted by atomic mass is 9.90. The normalized spacial score (nSPS) is 12.2. The second-order valence-electron chi connectivity index (χ2n) is 17.7. The molecule has 0 spiro atoms. The molecule has 0 bridgehead atoms. The molecule has 1 rings (SSSR count). The van der Waals surface area contributed by atoms with Crippen LogP contribution >= 0.6 is 0 Å². The standard InChI is InChI=1S/C52H99N/c1-4-6-8-10-12-14-16-18-20-22-24-26-28-30-32-34-36-38-40-42-45-50-46-44-48-51(49(3)53)52(50)47-43-41-39-37-35-33-31-29-27-25-23-21-19-17-15-13-11-9-7-5-2/h44,46,48-49H,4-43,45,47,53H2,1-3H3. The SMILES string of the molecule is CCCCCCCCCCCCCCCCCCCCCCc1cccc(C(C)N)c1CCCCCCCCCCCCCCCCCCCCCC. The second kappa shape index (κ2) is 40.8. The average Bonchev–Trinajstić information content (AvgIpc) is 3.16. The molecule has 0 saturated carbocycles. The number of benzene rings is 1. The Bertz CT molecular complexity index is 842. The number of hydrogen-bond donors (Lipinski definition) is 1. The van der Waals surface area contributed by atoms with Gasteiger partial charge in [0.25, 0.3) is 0 Å². The fourth-order valence-electron chi connectivity index (χ4n) is 8.75. The molecule has 0 heterocycles. The highest BCUT2D eigenvalue weighted by Crippen LogP contribution is 2.25. The Hall–Kier alpha value is -0.820. The summed E-state index contributed by atoms with van der Waals surface area (Å²) >= 11 is 0. The van der Waals surface area contributed by atoms with Gasteiger partial charge in [-0.1, -0.05) is 276 Å². The van der Waals surface area contributed by atoms with Crippen LogP contribution in [0.5, 0.6) is 0 Å². The zero-order chi connectivity index (χ0) is 38.1. The smallest absolute Gasteiger partial charge is 0.0268 e. The van der Waals surface area contributed by atoms with E-state index in [0.29, 0.717) is 0 Å². The highest BCUT2D eigenvalue weighted by atomic mass is 14.6. The zero-order valence-corrected chi connectivity index (χ0v) is 37.1. The van der Waals surface area contributed by atoms with Gasteiger partial charge in [0.05, 0.1) is 0 Å². The Balaban J connectivity index is 1.99. The molecule has 1 nitrogen and oxygen atoms in total. The number of rotatable bonds is 43. The van der Waals surface area contributed by atoms with E-state index in [9.17, 15) is 0 Å². The van der Waals surface area contributed by atoms with Crippen molar-refractivity contribution < 1.29 is 0 Å². The molecule has 53 heavy (non-hydrogen) atoms. The average molecular weight is 738 g/mol. The van der Waals surface area contributed by atoms with Gasteiger partial charge in [0.15, 0.2) is 0 Å². The van der Waals surface area contributed by atoms with Gasteiger partial charge in [-0.3, -0.25) is 0 Å². The van der Waals surface area contributed by atoms with E-state index in [1.54, 1.807) is 11.1 Å². The molecule has 312 valence electrons. The zero-order valence-electron chi connectivity index (χ0n) is 37.1. The molecule has 1 heteroatoms. The first-order chi connectivity index (χ1) is 26.2. The molecule has 0 amide bonds. The summed E-state index contributed by atoms with van der Waals surface area (Å²) in [5, 5.41) is 0. The van der Waals surface area contributed by atoms with Crippen molar-refractivity contribution >= 4 is 0 Å². The highest BCUT2D eigenvalue weighted by molar-refractivity contribution is 5.37. The molecule has 0 saturated heterocycles. The van der Waals surface area contributed by atoms with Crippen LogP contribution in [0.3, 0.4) is 0 Å². The van der Waals surface area contributed by atoms with Crippen LogP contribution in [0.25, 0.3) is 0 Å². The van der Waals surface area contributed by atoms with Gasteiger partial charge in [-0.2, -0.15) is 0 Å². The molecule has 0 aliphatic heterocycles. The number of nitrogens with two attached hydrogens (primary N) is 1. The van der Waals surface area contributed by atoms with Gasteiger partial charge in [-0.15, -0.1) is 0 Å². The quantitative estimate of drug-likeness (QED) is 0.0664. The predicted octanol–water partition coefficient (Wildman–Crippen LogP) is 18.4. The molecular weight excluding hydrogens is 639 g/mol. The van der Waals surface area contributed by atoms with Crippen LogP contribution < -0.4 is 5.73 Å². The molecule has 0 aromatic heterocycles. The summed E-state index contributed by atoms with van der Waals surface area (Å²) in [6.45, 7) is 6.80. The summed E-state index contributed by atoms with van der Waals surface area (Å²) in [7, 11) is 0. The number of unbranched alkanes of at least 4 members (excludes halogenated alkanes) is 38. The van der Waals surface area contributed by atoms with E-state index in [0.717, 1.165) is 0 Å². The van der Waals surface area contributed by atoms with E-state index >= 15 is 0 Å². The Labute approximate surface area is 336 Å². The van der Waals surface area contributed by atoms with Crippen molar-refractivity contribution in [2.45, 2.75) is 296 Å². The molecule has 1 atom stereocenters. The molecule has 0 aliphatic carbocycles. The molecule has 1 unspecified atom stereocenters. The van der Waals surface area contributed by atoms with E-state index in [2.05, 4.69) is 39.0 Å². The van der Waals surface area contributed by atoms with E-state index in [4.69, 9.17) is 5.73 Å². The van der Waals surface area contributed by atoms with Crippen LogP contribution in [0.4, 0.5) is 0 Å². The van der Waals surface area contributed by atoms with E-state index in [1.165, 1.54) is 275 Å². The maximum Gasteiger partial charge on any atom is 0.0268 e. The van der Waals surface area contributed by atoms with E-state index in [-0.39, 0.29) is 6.04 Å². The minimum Gasteiger partial charge on any atom is -0.324 e. The Morgan fingerprint density at radius 3 is 0.849 bits per heavy atom. The number of aryl methyl sites for hydroxylation is 1. The lowest BCUT2D eigenvalue weighted by Gasteiger charge is -2.17. The maximum atomic E-state index is 6.47. The monoisotopic (exact) mass is 738 g/mol. The van der Waals surface area contributed by atoms with Gasteiger partial charge in [-0.25, -0.2) is 0 Å². The first-order valence-electron chi connectivity index (χ1n) is 25.1. The summed E-state index contributed by atoms with van der Waals surface area (Å²) < 4.78 is 0. The predicted molar refractivity (Wildman–Crippen MR) is 242 cm³/mol. The van der Waals surface area contributed by atoms with Crippen LogP contribution in [0, 0.1) is 0 Å². The first kappa shape index (κ1) is 50.2.